The van der Waals surface area contributed by atoms with Gasteiger partial charge in [0.05, 0.1) is 17.9 Å². The number of nitrogens with one attached hydrogen (secondary N) is 2. The topological polar surface area (TPSA) is 118 Å². The lowest BCUT2D eigenvalue weighted by molar-refractivity contribution is -0.126. The van der Waals surface area contributed by atoms with Gasteiger partial charge in [-0.15, -0.1) is 0 Å². The first-order valence-electron chi connectivity index (χ1n) is 14.3. The minimum Gasteiger partial charge on any atom is -0.493 e. The Labute approximate surface area is 236 Å². The van der Waals surface area contributed by atoms with Gasteiger partial charge in [0, 0.05) is 55.1 Å². The molecule has 1 aliphatic carbocycles. The summed E-state index contributed by atoms with van der Waals surface area (Å²) in [6.45, 7) is 5.57. The normalized spacial score (nSPS) is 21.9. The number of amides is 1. The molecule has 1 saturated carbocycles. The molecule has 1 atom stereocenters. The highest BCUT2D eigenvalue weighted by atomic mass is 32.2. The Balaban J connectivity index is 1.17. The number of sulfone groups is 1. The lowest BCUT2D eigenvalue weighted by atomic mass is 9.85. The molecule has 1 amide bonds. The Kier molecular flexibility index (Phi) is 8.90. The average Bonchev–Trinajstić information content (AvgIpc) is 3.58. The van der Waals surface area contributed by atoms with Gasteiger partial charge in [0.2, 0.25) is 11.9 Å². The number of hydrogen-bond acceptors (Lipinski definition) is 8. The van der Waals surface area contributed by atoms with E-state index in [-0.39, 0.29) is 29.7 Å². The number of hydrogen-bond donors (Lipinski definition) is 2. The molecule has 0 radical (unpaired) electrons. The van der Waals surface area contributed by atoms with Crippen molar-refractivity contribution >= 4 is 32.6 Å². The molecule has 3 heterocycles. The van der Waals surface area contributed by atoms with Crippen molar-refractivity contribution in [2.75, 3.05) is 43.6 Å². The molecule has 0 bridgehead atoms. The van der Waals surface area contributed by atoms with Crippen molar-refractivity contribution in [3.05, 3.63) is 42.7 Å². The summed E-state index contributed by atoms with van der Waals surface area (Å²) >= 11 is 0. The monoisotopic (exact) mass is 568 g/mol. The molecule has 2 aliphatic rings. The number of nitrogens with zero attached hydrogens (tertiary/aromatic N) is 4. The lowest BCUT2D eigenvalue weighted by Gasteiger charge is -2.29. The van der Waals surface area contributed by atoms with Crippen LogP contribution in [-0.4, -0.2) is 84.1 Å². The van der Waals surface area contributed by atoms with E-state index < -0.39 is 9.84 Å². The largest absolute Gasteiger partial charge is 0.493 e. The van der Waals surface area contributed by atoms with Gasteiger partial charge in [0.1, 0.15) is 21.4 Å². The van der Waals surface area contributed by atoms with Crippen LogP contribution in [0.1, 0.15) is 45.4 Å². The van der Waals surface area contributed by atoms with E-state index in [1.165, 1.54) is 6.26 Å². The number of fused-ring (bicyclic) bond motifs is 1. The van der Waals surface area contributed by atoms with Gasteiger partial charge >= 0.3 is 0 Å². The Morgan fingerprint density at radius 2 is 1.93 bits per heavy atom. The zero-order valence-corrected chi connectivity index (χ0v) is 24.2. The zero-order chi connectivity index (χ0) is 28.1. The maximum Gasteiger partial charge on any atom is 0.224 e. The zero-order valence-electron chi connectivity index (χ0n) is 23.4. The van der Waals surface area contributed by atoms with E-state index in [0.717, 1.165) is 68.5 Å². The van der Waals surface area contributed by atoms with Crippen molar-refractivity contribution < 1.29 is 17.9 Å². The second-order valence-corrected chi connectivity index (χ2v) is 13.3. The molecule has 5 rings (SSSR count). The molecule has 216 valence electrons. The number of likely N-dealkylation sites (tertiary alicyclic amines) is 1. The molecule has 0 spiro atoms. The van der Waals surface area contributed by atoms with E-state index in [2.05, 4.69) is 27.4 Å². The first kappa shape index (κ1) is 28.4. The summed E-state index contributed by atoms with van der Waals surface area (Å²) < 4.78 is 30.7. The van der Waals surface area contributed by atoms with Gasteiger partial charge in [-0.05, 0) is 69.3 Å². The van der Waals surface area contributed by atoms with E-state index >= 15 is 0 Å². The highest BCUT2D eigenvalue weighted by molar-refractivity contribution is 7.90. The summed E-state index contributed by atoms with van der Waals surface area (Å²) in [5.41, 5.74) is 0.945. The third kappa shape index (κ3) is 7.11. The van der Waals surface area contributed by atoms with Crippen molar-refractivity contribution in [2.24, 2.45) is 5.92 Å². The minimum absolute atomic E-state index is 0.0787. The van der Waals surface area contributed by atoms with Crippen LogP contribution in [0.2, 0.25) is 0 Å². The van der Waals surface area contributed by atoms with Gasteiger partial charge in [0.25, 0.3) is 0 Å². The molecule has 2 N–H and O–H groups in total. The van der Waals surface area contributed by atoms with Crippen molar-refractivity contribution in [2.45, 2.75) is 57.5 Å². The van der Waals surface area contributed by atoms with Gasteiger partial charge in [0.15, 0.2) is 0 Å². The number of anilines is 1. The Bertz CT molecular complexity index is 1420. The van der Waals surface area contributed by atoms with Crippen LogP contribution in [0.3, 0.4) is 0 Å². The van der Waals surface area contributed by atoms with E-state index in [9.17, 15) is 13.2 Å². The van der Waals surface area contributed by atoms with Crippen LogP contribution < -0.4 is 15.4 Å². The number of aromatic nitrogens is 3. The number of likely N-dealkylation sites (N-methyl/N-ethyl adjacent to an activating group) is 1. The molecular weight excluding hydrogens is 528 g/mol. The molecule has 1 aromatic carbocycles. The third-order valence-electron chi connectivity index (χ3n) is 7.99. The average molecular weight is 569 g/mol. The van der Waals surface area contributed by atoms with Gasteiger partial charge in [-0.1, -0.05) is 13.0 Å². The van der Waals surface area contributed by atoms with Crippen LogP contribution in [-0.2, 0) is 14.6 Å². The first-order chi connectivity index (χ1) is 19.3. The van der Waals surface area contributed by atoms with Crippen LogP contribution in [0.15, 0.2) is 42.7 Å². The minimum atomic E-state index is -3.01. The fraction of sp³-hybridized carbons (Fsp3) is 0.552. The predicted octanol–water partition coefficient (Wildman–Crippen LogP) is 3.42. The number of benzene rings is 1. The molecule has 1 saturated heterocycles. The number of carbonyl (C=O) groups is 1. The molecule has 40 heavy (non-hydrogen) atoms. The van der Waals surface area contributed by atoms with Gasteiger partial charge < -0.3 is 24.8 Å². The molecule has 2 fully saturated rings. The summed E-state index contributed by atoms with van der Waals surface area (Å²) in [5.74, 6) is 2.42. The molecule has 2 aromatic heterocycles. The van der Waals surface area contributed by atoms with Gasteiger partial charge in [-0.25, -0.2) is 13.4 Å². The number of carbonyl (C=O) groups excluding carboxylic acids is 1. The molecule has 1 aliphatic heterocycles. The summed E-state index contributed by atoms with van der Waals surface area (Å²) in [6, 6.07) is 10.2. The fourth-order valence-corrected chi connectivity index (χ4v) is 6.40. The van der Waals surface area contributed by atoms with Crippen LogP contribution in [0.5, 0.6) is 5.75 Å². The van der Waals surface area contributed by atoms with Crippen molar-refractivity contribution in [1.29, 1.82) is 0 Å². The first-order valence-corrected chi connectivity index (χ1v) is 16.4. The van der Waals surface area contributed by atoms with E-state index in [1.54, 1.807) is 6.20 Å². The Morgan fingerprint density at radius 3 is 2.67 bits per heavy atom. The third-order valence-corrected chi connectivity index (χ3v) is 9.03. The SMILES string of the molecule is CCN1CC[C@H](NC(=O)[C@H]2CC[C@H](Nc3nccc(-n4ccc5c(OCCCS(C)(=O)=O)cccc54)n3)CC2)C1. The second kappa shape index (κ2) is 12.6. The molecule has 0 unspecified atom stereocenters. The van der Waals surface area contributed by atoms with Crippen molar-refractivity contribution in [3.63, 3.8) is 0 Å². The molecule has 3 aromatic rings. The second-order valence-electron chi connectivity index (χ2n) is 11.0. The van der Waals surface area contributed by atoms with Crippen LogP contribution in [0.4, 0.5) is 5.95 Å². The summed E-state index contributed by atoms with van der Waals surface area (Å²) in [6.07, 6.45) is 9.97. The van der Waals surface area contributed by atoms with E-state index in [0.29, 0.717) is 24.7 Å². The standard InChI is InChI=1S/C29H40N6O4S/c1-3-34-16-13-23(20-34)31-28(36)21-8-10-22(11-9-21)32-29-30-15-12-27(33-29)35-17-14-24-25(35)6-4-7-26(24)39-18-5-19-40(2,37)38/h4,6-7,12,14-15,17,21-23H,3,5,8-11,13,16,18-20H2,1-2H3,(H,31,36)(H,30,32,33)/t21-,22-,23-/m0/s1. The molecular formula is C29H40N6O4S. The maximum atomic E-state index is 12.8. The highest BCUT2D eigenvalue weighted by Crippen LogP contribution is 2.30. The Morgan fingerprint density at radius 1 is 1.10 bits per heavy atom. The quantitative estimate of drug-likeness (QED) is 0.338. The maximum absolute atomic E-state index is 12.8. The summed E-state index contributed by atoms with van der Waals surface area (Å²) in [5, 5.41) is 7.70. The van der Waals surface area contributed by atoms with E-state index in [1.807, 2.05) is 41.1 Å². The Hall–Kier alpha value is -3.18. The highest BCUT2D eigenvalue weighted by Gasteiger charge is 2.30. The van der Waals surface area contributed by atoms with Crippen molar-refractivity contribution in [3.8, 4) is 11.6 Å². The fourth-order valence-electron chi connectivity index (χ4n) is 5.76. The number of rotatable bonds is 11. The smallest absolute Gasteiger partial charge is 0.224 e. The van der Waals surface area contributed by atoms with Crippen molar-refractivity contribution in [1.82, 2.24) is 24.8 Å². The number of ether oxygens (including phenoxy) is 1. The van der Waals surface area contributed by atoms with Crippen LogP contribution in [0, 0.1) is 5.92 Å². The van der Waals surface area contributed by atoms with E-state index in [4.69, 9.17) is 9.72 Å². The lowest BCUT2D eigenvalue weighted by Crippen LogP contribution is -2.42. The predicted molar refractivity (Wildman–Crippen MR) is 157 cm³/mol. The van der Waals surface area contributed by atoms with Crippen LogP contribution >= 0.6 is 0 Å². The van der Waals surface area contributed by atoms with Gasteiger partial charge in [-0.3, -0.25) is 4.79 Å². The molecule has 10 nitrogen and oxygen atoms in total. The van der Waals surface area contributed by atoms with Crippen LogP contribution in [0.25, 0.3) is 16.7 Å². The summed E-state index contributed by atoms with van der Waals surface area (Å²) in [7, 11) is -3.01. The van der Waals surface area contributed by atoms with Gasteiger partial charge in [-0.2, -0.15) is 4.98 Å². The molecule has 11 heteroatoms. The summed E-state index contributed by atoms with van der Waals surface area (Å²) in [4.78, 5) is 24.4.